The molecule has 2 aromatic carbocycles. The Labute approximate surface area is 163 Å². The van der Waals surface area contributed by atoms with E-state index in [-0.39, 0.29) is 17.6 Å². The van der Waals surface area contributed by atoms with E-state index in [4.69, 9.17) is 14.2 Å². The summed E-state index contributed by atoms with van der Waals surface area (Å²) in [5.41, 5.74) is 1.85. The molecule has 0 saturated heterocycles. The van der Waals surface area contributed by atoms with Crippen molar-refractivity contribution in [2.24, 2.45) is 0 Å². The molecule has 0 radical (unpaired) electrons. The summed E-state index contributed by atoms with van der Waals surface area (Å²) in [7, 11) is 4.69. The fourth-order valence-electron chi connectivity index (χ4n) is 2.90. The zero-order valence-electron chi connectivity index (χ0n) is 16.3. The number of carbonyl (C=O) groups is 1. The second-order valence-electron chi connectivity index (χ2n) is 6.13. The molecule has 28 heavy (non-hydrogen) atoms. The summed E-state index contributed by atoms with van der Waals surface area (Å²) >= 11 is 0. The van der Waals surface area contributed by atoms with E-state index in [1.54, 1.807) is 31.2 Å². The summed E-state index contributed by atoms with van der Waals surface area (Å²) in [4.78, 5) is 12.9. The standard InChI is InChI=1S/C21H23N3O4/c1-14(17-12-16(26-2)10-11-18(17)27-3)22-21(25)20-19(28-4)13-24(23-20)15-8-6-5-7-9-15/h5-14H,1-4H3,(H,22,25)/t14-/m0/s1. The quantitative estimate of drug-likeness (QED) is 0.679. The van der Waals surface area contributed by atoms with Gasteiger partial charge in [0.25, 0.3) is 5.91 Å². The van der Waals surface area contributed by atoms with Crippen LogP contribution in [0.15, 0.2) is 54.7 Å². The smallest absolute Gasteiger partial charge is 0.276 e. The molecule has 0 aliphatic heterocycles. The van der Waals surface area contributed by atoms with Crippen molar-refractivity contribution in [3.63, 3.8) is 0 Å². The molecular weight excluding hydrogens is 358 g/mol. The third kappa shape index (κ3) is 3.93. The monoisotopic (exact) mass is 381 g/mol. The minimum absolute atomic E-state index is 0.208. The maximum absolute atomic E-state index is 12.9. The van der Waals surface area contributed by atoms with Crippen molar-refractivity contribution >= 4 is 5.91 Å². The molecule has 7 heteroatoms. The minimum atomic E-state index is -0.344. The number of aromatic nitrogens is 2. The molecule has 1 N–H and O–H groups in total. The number of carbonyl (C=O) groups excluding carboxylic acids is 1. The van der Waals surface area contributed by atoms with Crippen LogP contribution in [-0.4, -0.2) is 37.0 Å². The van der Waals surface area contributed by atoms with E-state index in [1.165, 1.54) is 7.11 Å². The number of hydrogen-bond acceptors (Lipinski definition) is 5. The van der Waals surface area contributed by atoms with Gasteiger partial charge in [0.2, 0.25) is 0 Å². The summed E-state index contributed by atoms with van der Waals surface area (Å²) in [6, 6.07) is 14.6. The molecule has 3 aromatic rings. The molecule has 0 saturated carbocycles. The van der Waals surface area contributed by atoms with Crippen LogP contribution in [0.25, 0.3) is 5.69 Å². The summed E-state index contributed by atoms with van der Waals surface area (Å²) in [6.07, 6.45) is 1.68. The summed E-state index contributed by atoms with van der Waals surface area (Å²) in [6.45, 7) is 1.87. The molecule has 0 fully saturated rings. The van der Waals surface area contributed by atoms with Crippen molar-refractivity contribution in [3.05, 3.63) is 66.0 Å². The van der Waals surface area contributed by atoms with Gasteiger partial charge < -0.3 is 19.5 Å². The highest BCUT2D eigenvalue weighted by molar-refractivity contribution is 5.95. The molecule has 1 aromatic heterocycles. The molecule has 146 valence electrons. The van der Waals surface area contributed by atoms with Gasteiger partial charge in [-0.25, -0.2) is 4.68 Å². The molecule has 3 rings (SSSR count). The maximum atomic E-state index is 12.9. The lowest BCUT2D eigenvalue weighted by molar-refractivity contribution is 0.0931. The summed E-state index contributed by atoms with van der Waals surface area (Å²) in [5, 5.41) is 7.35. The van der Waals surface area contributed by atoms with Gasteiger partial charge in [0.05, 0.1) is 39.3 Å². The molecule has 0 aliphatic carbocycles. The van der Waals surface area contributed by atoms with Gasteiger partial charge >= 0.3 is 0 Å². The van der Waals surface area contributed by atoms with Crippen LogP contribution in [0.5, 0.6) is 17.2 Å². The van der Waals surface area contributed by atoms with Crippen LogP contribution < -0.4 is 19.5 Å². The van der Waals surface area contributed by atoms with Crippen LogP contribution in [0.2, 0.25) is 0 Å². The average molecular weight is 381 g/mol. The first-order valence-electron chi connectivity index (χ1n) is 8.79. The average Bonchev–Trinajstić information content (AvgIpc) is 3.18. The predicted molar refractivity (Wildman–Crippen MR) is 106 cm³/mol. The molecule has 1 heterocycles. The fraction of sp³-hybridized carbons (Fsp3) is 0.238. The lowest BCUT2D eigenvalue weighted by atomic mass is 10.1. The zero-order chi connectivity index (χ0) is 20.1. The molecule has 7 nitrogen and oxygen atoms in total. The van der Waals surface area contributed by atoms with Gasteiger partial charge in [-0.3, -0.25) is 4.79 Å². The van der Waals surface area contributed by atoms with Gasteiger partial charge in [-0.1, -0.05) is 18.2 Å². The van der Waals surface area contributed by atoms with Gasteiger partial charge in [0, 0.05) is 5.56 Å². The van der Waals surface area contributed by atoms with E-state index in [1.807, 2.05) is 49.4 Å². The first kappa shape index (κ1) is 19.3. The maximum Gasteiger partial charge on any atom is 0.276 e. The second-order valence-corrected chi connectivity index (χ2v) is 6.13. The lowest BCUT2D eigenvalue weighted by Crippen LogP contribution is -2.27. The minimum Gasteiger partial charge on any atom is -0.497 e. The van der Waals surface area contributed by atoms with E-state index in [9.17, 15) is 4.79 Å². The van der Waals surface area contributed by atoms with Crippen LogP contribution in [-0.2, 0) is 0 Å². The third-order valence-corrected chi connectivity index (χ3v) is 4.39. The summed E-state index contributed by atoms with van der Waals surface area (Å²) in [5.74, 6) is 1.40. The fourth-order valence-corrected chi connectivity index (χ4v) is 2.90. The van der Waals surface area contributed by atoms with Crippen molar-refractivity contribution in [2.75, 3.05) is 21.3 Å². The number of ether oxygens (including phenoxy) is 3. The number of benzene rings is 2. The molecule has 0 spiro atoms. The second kappa shape index (κ2) is 8.47. The van der Waals surface area contributed by atoms with Crippen molar-refractivity contribution in [1.82, 2.24) is 15.1 Å². The van der Waals surface area contributed by atoms with Gasteiger partial charge in [-0.15, -0.1) is 0 Å². The predicted octanol–water partition coefficient (Wildman–Crippen LogP) is 3.39. The zero-order valence-corrected chi connectivity index (χ0v) is 16.3. The van der Waals surface area contributed by atoms with Crippen LogP contribution in [0, 0.1) is 0 Å². The topological polar surface area (TPSA) is 74.6 Å². The Morgan fingerprint density at radius 2 is 1.71 bits per heavy atom. The van der Waals surface area contributed by atoms with Gasteiger partial charge in [0.15, 0.2) is 11.4 Å². The van der Waals surface area contributed by atoms with Crippen molar-refractivity contribution < 1.29 is 19.0 Å². The Kier molecular flexibility index (Phi) is 5.84. The molecule has 1 amide bonds. The Morgan fingerprint density at radius 3 is 2.36 bits per heavy atom. The van der Waals surface area contributed by atoms with E-state index in [0.29, 0.717) is 17.2 Å². The van der Waals surface area contributed by atoms with Crippen LogP contribution in [0.1, 0.15) is 29.0 Å². The Morgan fingerprint density at radius 1 is 1.00 bits per heavy atom. The summed E-state index contributed by atoms with van der Waals surface area (Å²) < 4.78 is 17.7. The van der Waals surface area contributed by atoms with Crippen molar-refractivity contribution in [1.29, 1.82) is 0 Å². The SMILES string of the molecule is COc1ccc(OC)c([C@H](C)NC(=O)c2nn(-c3ccccc3)cc2OC)c1. The lowest BCUT2D eigenvalue weighted by Gasteiger charge is -2.18. The van der Waals surface area contributed by atoms with Crippen LogP contribution in [0.3, 0.4) is 0 Å². The number of nitrogens with one attached hydrogen (secondary N) is 1. The largest absolute Gasteiger partial charge is 0.497 e. The van der Waals surface area contributed by atoms with Crippen molar-refractivity contribution in [2.45, 2.75) is 13.0 Å². The number of hydrogen-bond donors (Lipinski definition) is 1. The van der Waals surface area contributed by atoms with Crippen LogP contribution >= 0.6 is 0 Å². The first-order valence-corrected chi connectivity index (χ1v) is 8.79. The molecule has 0 aliphatic rings. The molecular formula is C21H23N3O4. The highest BCUT2D eigenvalue weighted by Gasteiger charge is 2.22. The van der Waals surface area contributed by atoms with Gasteiger partial charge in [0.1, 0.15) is 11.5 Å². The van der Waals surface area contributed by atoms with E-state index < -0.39 is 0 Å². The van der Waals surface area contributed by atoms with Crippen molar-refractivity contribution in [3.8, 4) is 22.9 Å². The van der Waals surface area contributed by atoms with Gasteiger partial charge in [-0.05, 0) is 37.3 Å². The highest BCUT2D eigenvalue weighted by Crippen LogP contribution is 2.30. The van der Waals surface area contributed by atoms with Gasteiger partial charge in [-0.2, -0.15) is 5.10 Å². The number of para-hydroxylation sites is 1. The van der Waals surface area contributed by atoms with E-state index >= 15 is 0 Å². The number of nitrogens with zero attached hydrogens (tertiary/aromatic N) is 2. The van der Waals surface area contributed by atoms with Crippen LogP contribution in [0.4, 0.5) is 0 Å². The molecule has 0 bridgehead atoms. The molecule has 1 atom stereocenters. The normalized spacial score (nSPS) is 11.6. The highest BCUT2D eigenvalue weighted by atomic mass is 16.5. The number of rotatable bonds is 7. The van der Waals surface area contributed by atoms with E-state index in [0.717, 1.165) is 11.3 Å². The Bertz CT molecular complexity index is 954. The number of methoxy groups -OCH3 is 3. The third-order valence-electron chi connectivity index (χ3n) is 4.39. The first-order chi connectivity index (χ1) is 13.6. The number of amides is 1. The molecule has 0 unspecified atom stereocenters. The Balaban J connectivity index is 1.86. The van der Waals surface area contributed by atoms with E-state index in [2.05, 4.69) is 10.4 Å². The Hall–Kier alpha value is -3.48.